The minimum absolute atomic E-state index is 0.0114. The number of hydrogen-bond acceptors (Lipinski definition) is 3. The average molecular weight is 464 g/mol. The largest absolute Gasteiger partial charge is 0.458 e. The summed E-state index contributed by atoms with van der Waals surface area (Å²) in [7, 11) is 0. The summed E-state index contributed by atoms with van der Waals surface area (Å²) < 4.78 is 6.81. The van der Waals surface area contributed by atoms with Crippen LogP contribution in [0.4, 0.5) is 0 Å². The zero-order chi connectivity index (χ0) is 17.5. The molecule has 2 aromatic rings. The van der Waals surface area contributed by atoms with Crippen molar-refractivity contribution in [3.63, 3.8) is 0 Å². The summed E-state index contributed by atoms with van der Waals surface area (Å²) >= 11 is 3.97. The van der Waals surface area contributed by atoms with Gasteiger partial charge >= 0.3 is 5.97 Å². The summed E-state index contributed by atoms with van der Waals surface area (Å²) in [5.41, 5.74) is 1.86. The van der Waals surface area contributed by atoms with E-state index in [0.29, 0.717) is 10.8 Å². The second kappa shape index (κ2) is 9.43. The van der Waals surface area contributed by atoms with E-state index in [1.165, 1.54) is 12.0 Å². The number of carbonyl (C=O) groups excluding carboxylic acids is 1. The zero-order valence-electron chi connectivity index (χ0n) is 13.9. The van der Waals surface area contributed by atoms with Crippen LogP contribution >= 0.6 is 34.4 Å². The molecule has 0 N–H and O–H groups in total. The molecule has 130 valence electrons. The van der Waals surface area contributed by atoms with Crippen molar-refractivity contribution in [2.24, 2.45) is 0 Å². The van der Waals surface area contributed by atoms with E-state index in [-0.39, 0.29) is 12.1 Å². The van der Waals surface area contributed by atoms with Crippen LogP contribution in [0, 0.1) is 3.57 Å². The molecule has 25 heavy (non-hydrogen) atoms. The second-order valence-corrected chi connectivity index (χ2v) is 8.41. The molecule has 0 radical (unpaired) electrons. The van der Waals surface area contributed by atoms with Gasteiger partial charge in [-0.3, -0.25) is 0 Å². The highest BCUT2D eigenvalue weighted by Gasteiger charge is 2.29. The topological polar surface area (TPSA) is 26.3 Å². The van der Waals surface area contributed by atoms with Crippen molar-refractivity contribution < 1.29 is 9.53 Å². The summed E-state index contributed by atoms with van der Waals surface area (Å²) in [6, 6.07) is 17.9. The van der Waals surface area contributed by atoms with Crippen molar-refractivity contribution in [1.82, 2.24) is 0 Å². The lowest BCUT2D eigenvalue weighted by atomic mass is 9.97. The van der Waals surface area contributed by atoms with Gasteiger partial charge in [0.15, 0.2) is 0 Å². The van der Waals surface area contributed by atoms with Crippen molar-refractivity contribution >= 4 is 46.4 Å². The van der Waals surface area contributed by atoms with Gasteiger partial charge in [-0.2, -0.15) is 0 Å². The fourth-order valence-electron chi connectivity index (χ4n) is 2.96. The Labute approximate surface area is 167 Å². The number of thioether (sulfide) groups is 1. The first-order valence-electron chi connectivity index (χ1n) is 8.56. The van der Waals surface area contributed by atoms with E-state index in [1.807, 2.05) is 42.5 Å². The summed E-state index contributed by atoms with van der Waals surface area (Å²) in [6.45, 7) is 0. The molecule has 0 aliphatic heterocycles. The number of benzene rings is 2. The third-order valence-electron chi connectivity index (χ3n) is 4.31. The van der Waals surface area contributed by atoms with Crippen LogP contribution in [-0.2, 0) is 4.74 Å². The first-order chi connectivity index (χ1) is 12.2. The third-order valence-corrected chi connectivity index (χ3v) is 6.43. The molecule has 1 fully saturated rings. The quantitative estimate of drug-likeness (QED) is 0.392. The van der Waals surface area contributed by atoms with Crippen molar-refractivity contribution in [3.05, 3.63) is 74.7 Å². The maximum atomic E-state index is 12.5. The Morgan fingerprint density at radius 1 is 1.04 bits per heavy atom. The predicted octanol–water partition coefficient (Wildman–Crippen LogP) is 6.16. The second-order valence-electron chi connectivity index (χ2n) is 6.10. The Morgan fingerprint density at radius 3 is 2.56 bits per heavy atom. The average Bonchev–Trinajstić information content (AvgIpc) is 2.64. The Balaban J connectivity index is 1.62. The zero-order valence-corrected chi connectivity index (χ0v) is 16.9. The third kappa shape index (κ3) is 5.35. The van der Waals surface area contributed by atoms with Gasteiger partial charge in [-0.25, -0.2) is 4.79 Å². The van der Waals surface area contributed by atoms with Gasteiger partial charge in [-0.15, -0.1) is 11.8 Å². The predicted molar refractivity (Wildman–Crippen MR) is 114 cm³/mol. The fraction of sp³-hybridized carbons (Fsp3) is 0.286. The maximum absolute atomic E-state index is 12.5. The van der Waals surface area contributed by atoms with E-state index in [1.54, 1.807) is 11.8 Å². The van der Waals surface area contributed by atoms with Crippen LogP contribution in [0.2, 0.25) is 0 Å². The highest BCUT2D eigenvalue weighted by molar-refractivity contribution is 14.1. The molecule has 0 bridgehead atoms. The van der Waals surface area contributed by atoms with Gasteiger partial charge in [0.1, 0.15) is 6.10 Å². The molecule has 2 aromatic carbocycles. The molecule has 2 nitrogen and oxygen atoms in total. The number of carbonyl (C=O) groups is 1. The SMILES string of the molecule is O=C(O[C@@H]1CCCC[C@H]1S/C=C/c1ccccc1)c1ccccc1I. The van der Waals surface area contributed by atoms with Gasteiger partial charge in [0.05, 0.1) is 5.56 Å². The van der Waals surface area contributed by atoms with Crippen molar-refractivity contribution in [2.75, 3.05) is 0 Å². The molecule has 3 rings (SSSR count). The van der Waals surface area contributed by atoms with E-state index in [0.717, 1.165) is 22.8 Å². The fourth-order valence-corrected chi connectivity index (χ4v) is 4.68. The molecule has 1 aliphatic rings. The molecular weight excluding hydrogens is 443 g/mol. The molecule has 4 heteroatoms. The maximum Gasteiger partial charge on any atom is 0.339 e. The Morgan fingerprint density at radius 2 is 1.76 bits per heavy atom. The minimum Gasteiger partial charge on any atom is -0.458 e. The lowest BCUT2D eigenvalue weighted by Crippen LogP contribution is -2.32. The molecule has 1 saturated carbocycles. The van der Waals surface area contributed by atoms with Gasteiger partial charge in [0.25, 0.3) is 0 Å². The van der Waals surface area contributed by atoms with Gasteiger partial charge in [-0.1, -0.05) is 48.9 Å². The van der Waals surface area contributed by atoms with Crippen molar-refractivity contribution in [2.45, 2.75) is 37.0 Å². The first-order valence-corrected chi connectivity index (χ1v) is 10.6. The van der Waals surface area contributed by atoms with Crippen molar-refractivity contribution in [1.29, 1.82) is 0 Å². The van der Waals surface area contributed by atoms with Crippen LogP contribution < -0.4 is 0 Å². The summed E-state index contributed by atoms with van der Waals surface area (Å²) in [5, 5.41) is 2.47. The number of halogens is 1. The normalized spacial score (nSPS) is 20.5. The lowest BCUT2D eigenvalue weighted by molar-refractivity contribution is 0.0229. The van der Waals surface area contributed by atoms with Crippen LogP contribution in [-0.4, -0.2) is 17.3 Å². The van der Waals surface area contributed by atoms with Crippen LogP contribution in [0.1, 0.15) is 41.6 Å². The molecular formula is C21H21IO2S. The van der Waals surface area contributed by atoms with E-state index in [9.17, 15) is 4.79 Å². The smallest absolute Gasteiger partial charge is 0.339 e. The first kappa shape index (κ1) is 18.5. The van der Waals surface area contributed by atoms with Crippen LogP contribution in [0.5, 0.6) is 0 Å². The van der Waals surface area contributed by atoms with Crippen LogP contribution in [0.3, 0.4) is 0 Å². The van der Waals surface area contributed by atoms with Gasteiger partial charge in [0, 0.05) is 8.82 Å². The highest BCUT2D eigenvalue weighted by Crippen LogP contribution is 2.32. The highest BCUT2D eigenvalue weighted by atomic mass is 127. The van der Waals surface area contributed by atoms with E-state index < -0.39 is 0 Å². The molecule has 0 aromatic heterocycles. The number of hydrogen-bond donors (Lipinski definition) is 0. The van der Waals surface area contributed by atoms with E-state index in [4.69, 9.17) is 4.74 Å². The lowest BCUT2D eigenvalue weighted by Gasteiger charge is -2.30. The van der Waals surface area contributed by atoms with E-state index >= 15 is 0 Å². The van der Waals surface area contributed by atoms with Crippen LogP contribution in [0.25, 0.3) is 6.08 Å². The number of esters is 1. The Kier molecular flexibility index (Phi) is 6.99. The molecule has 1 aliphatic carbocycles. The molecule has 0 heterocycles. The molecule has 0 saturated heterocycles. The van der Waals surface area contributed by atoms with Gasteiger partial charge < -0.3 is 4.74 Å². The van der Waals surface area contributed by atoms with Crippen molar-refractivity contribution in [3.8, 4) is 0 Å². The van der Waals surface area contributed by atoms with Crippen LogP contribution in [0.15, 0.2) is 60.0 Å². The van der Waals surface area contributed by atoms with E-state index in [2.05, 4.69) is 46.2 Å². The van der Waals surface area contributed by atoms with Gasteiger partial charge in [0.2, 0.25) is 0 Å². The number of ether oxygens (including phenoxy) is 1. The minimum atomic E-state index is -0.200. The molecule has 0 spiro atoms. The Bertz CT molecular complexity index is 730. The van der Waals surface area contributed by atoms with Gasteiger partial charge in [-0.05, 0) is 71.0 Å². The molecule has 0 unspecified atom stereocenters. The summed E-state index contributed by atoms with van der Waals surface area (Å²) in [4.78, 5) is 12.5. The molecule has 2 atom stereocenters. The molecule has 0 amide bonds. The number of rotatable bonds is 5. The summed E-state index contributed by atoms with van der Waals surface area (Å²) in [5.74, 6) is -0.200. The standard InChI is InChI=1S/C21H21IO2S/c22-18-11-5-4-10-17(18)21(23)24-19-12-6-7-13-20(19)25-15-14-16-8-2-1-3-9-16/h1-5,8-11,14-15,19-20H,6-7,12-13H2/b15-14+/t19-,20-/m1/s1. The Hall–Kier alpha value is -1.27. The summed E-state index contributed by atoms with van der Waals surface area (Å²) in [6.07, 6.45) is 6.48. The monoisotopic (exact) mass is 464 g/mol.